The number of nitro groups is 1. The van der Waals surface area contributed by atoms with Gasteiger partial charge in [0.1, 0.15) is 5.82 Å². The normalized spacial score (nSPS) is 10.4. The Hall–Kier alpha value is -1.65. The van der Waals surface area contributed by atoms with E-state index in [2.05, 4.69) is 0 Å². The van der Waals surface area contributed by atoms with Crippen LogP contribution in [0.3, 0.4) is 0 Å². The average Bonchev–Trinajstić information content (AvgIpc) is 2.28. The minimum absolute atomic E-state index is 0.0654. The molecule has 92 valence electrons. The summed E-state index contributed by atoms with van der Waals surface area (Å²) in [6.07, 6.45) is 0. The van der Waals surface area contributed by atoms with Crippen molar-refractivity contribution in [2.24, 2.45) is 0 Å². The van der Waals surface area contributed by atoms with Crippen LogP contribution in [-0.4, -0.2) is 4.92 Å². The zero-order valence-corrected chi connectivity index (χ0v) is 10.4. The van der Waals surface area contributed by atoms with E-state index in [1.807, 2.05) is 0 Å². The van der Waals surface area contributed by atoms with Gasteiger partial charge in [0.25, 0.3) is 5.69 Å². The number of benzene rings is 2. The molecule has 18 heavy (non-hydrogen) atoms. The number of nitrogens with zero attached hydrogens (tertiary/aromatic N) is 1. The minimum atomic E-state index is -0.603. The second kappa shape index (κ2) is 4.92. The van der Waals surface area contributed by atoms with E-state index in [0.717, 1.165) is 18.2 Å². The highest BCUT2D eigenvalue weighted by Gasteiger charge is 2.20. The third kappa shape index (κ3) is 2.30. The maximum Gasteiger partial charge on any atom is 0.277 e. The third-order valence-corrected chi connectivity index (χ3v) is 3.02. The van der Waals surface area contributed by atoms with Gasteiger partial charge in [0.2, 0.25) is 0 Å². The molecule has 0 fully saturated rings. The number of hydrogen-bond acceptors (Lipinski definition) is 2. The van der Waals surface area contributed by atoms with Crippen LogP contribution in [0.5, 0.6) is 0 Å². The van der Waals surface area contributed by atoms with Crippen molar-refractivity contribution in [2.75, 3.05) is 0 Å². The van der Waals surface area contributed by atoms with E-state index in [9.17, 15) is 14.5 Å². The molecule has 2 rings (SSSR count). The summed E-state index contributed by atoms with van der Waals surface area (Å²) < 4.78 is 13.3. The first kappa shape index (κ1) is 12.8. The first-order valence-electron chi connectivity index (χ1n) is 4.89. The lowest BCUT2D eigenvalue weighted by Crippen LogP contribution is -1.94. The lowest BCUT2D eigenvalue weighted by molar-refractivity contribution is -0.384. The van der Waals surface area contributed by atoms with Gasteiger partial charge in [-0.2, -0.15) is 0 Å². The molecular weight excluding hydrogens is 280 g/mol. The van der Waals surface area contributed by atoms with Crippen LogP contribution >= 0.6 is 23.2 Å². The molecule has 6 heteroatoms. The molecule has 0 aliphatic rings. The van der Waals surface area contributed by atoms with Crippen LogP contribution in [-0.2, 0) is 0 Å². The summed E-state index contributed by atoms with van der Waals surface area (Å²) in [5.41, 5.74) is 0.0778. The smallest absolute Gasteiger partial charge is 0.258 e. The van der Waals surface area contributed by atoms with E-state index < -0.39 is 10.7 Å². The molecule has 0 amide bonds. The highest BCUT2D eigenvalue weighted by atomic mass is 35.5. The van der Waals surface area contributed by atoms with E-state index in [4.69, 9.17) is 23.2 Å². The SMILES string of the molecule is O=[N+]([O-])c1ccc(F)cc1-c1c(Cl)cccc1Cl. The molecule has 0 spiro atoms. The minimum Gasteiger partial charge on any atom is -0.258 e. The van der Waals surface area contributed by atoms with Gasteiger partial charge in [-0.1, -0.05) is 29.3 Å². The molecule has 2 aromatic carbocycles. The standard InChI is InChI=1S/C12H6Cl2FNO2/c13-9-2-1-3-10(14)12(9)8-6-7(15)4-5-11(8)16(17)18/h1-6H. The summed E-state index contributed by atoms with van der Waals surface area (Å²) in [4.78, 5) is 10.3. The van der Waals surface area contributed by atoms with Crippen molar-refractivity contribution in [1.29, 1.82) is 0 Å². The van der Waals surface area contributed by atoms with Crippen LogP contribution in [0.2, 0.25) is 10.0 Å². The first-order chi connectivity index (χ1) is 8.50. The second-order valence-corrected chi connectivity index (χ2v) is 4.33. The number of hydrogen-bond donors (Lipinski definition) is 0. The zero-order valence-electron chi connectivity index (χ0n) is 8.86. The molecule has 0 aliphatic heterocycles. The maximum atomic E-state index is 13.3. The molecule has 0 radical (unpaired) electrons. The fourth-order valence-corrected chi connectivity index (χ4v) is 2.22. The summed E-state index contributed by atoms with van der Waals surface area (Å²) in [7, 11) is 0. The van der Waals surface area contributed by atoms with Crippen LogP contribution in [0.4, 0.5) is 10.1 Å². The van der Waals surface area contributed by atoms with Crippen molar-refractivity contribution in [1.82, 2.24) is 0 Å². The Morgan fingerprint density at radius 2 is 1.72 bits per heavy atom. The summed E-state index contributed by atoms with van der Waals surface area (Å²) in [5, 5.41) is 11.4. The lowest BCUT2D eigenvalue weighted by Gasteiger charge is -2.07. The fraction of sp³-hybridized carbons (Fsp3) is 0. The summed E-state index contributed by atoms with van der Waals surface area (Å²) >= 11 is 11.9. The monoisotopic (exact) mass is 285 g/mol. The van der Waals surface area contributed by atoms with E-state index in [-0.39, 0.29) is 26.9 Å². The van der Waals surface area contributed by atoms with E-state index in [1.165, 1.54) is 12.1 Å². The largest absolute Gasteiger partial charge is 0.277 e. The third-order valence-electron chi connectivity index (χ3n) is 2.39. The zero-order chi connectivity index (χ0) is 13.3. The van der Waals surface area contributed by atoms with E-state index in [1.54, 1.807) is 6.07 Å². The van der Waals surface area contributed by atoms with Crippen LogP contribution in [0.15, 0.2) is 36.4 Å². The predicted molar refractivity (Wildman–Crippen MR) is 68.5 cm³/mol. The molecule has 0 N–H and O–H groups in total. The highest BCUT2D eigenvalue weighted by Crippen LogP contribution is 2.39. The van der Waals surface area contributed by atoms with Gasteiger partial charge in [0.15, 0.2) is 0 Å². The molecule has 0 bridgehead atoms. The maximum absolute atomic E-state index is 13.3. The fourth-order valence-electron chi connectivity index (χ4n) is 1.62. The van der Waals surface area contributed by atoms with Crippen molar-refractivity contribution < 1.29 is 9.31 Å². The van der Waals surface area contributed by atoms with Gasteiger partial charge in [-0.3, -0.25) is 10.1 Å². The van der Waals surface area contributed by atoms with E-state index >= 15 is 0 Å². The number of nitro benzene ring substituents is 1. The molecule has 0 heterocycles. The summed E-state index contributed by atoms with van der Waals surface area (Å²) in [6.45, 7) is 0. The summed E-state index contributed by atoms with van der Waals surface area (Å²) in [6, 6.07) is 7.84. The van der Waals surface area contributed by atoms with Crippen molar-refractivity contribution in [3.05, 3.63) is 62.4 Å². The molecule has 0 aromatic heterocycles. The van der Waals surface area contributed by atoms with Gasteiger partial charge in [-0.25, -0.2) is 4.39 Å². The topological polar surface area (TPSA) is 43.1 Å². The Kier molecular flexibility index (Phi) is 3.50. The number of halogens is 3. The summed E-state index contributed by atoms with van der Waals surface area (Å²) in [5.74, 6) is -0.591. The second-order valence-electron chi connectivity index (χ2n) is 3.52. The van der Waals surface area contributed by atoms with Gasteiger partial charge in [-0.15, -0.1) is 0 Å². The predicted octanol–water partition coefficient (Wildman–Crippen LogP) is 4.71. The highest BCUT2D eigenvalue weighted by molar-refractivity contribution is 6.39. The molecule has 0 atom stereocenters. The lowest BCUT2D eigenvalue weighted by atomic mass is 10.0. The van der Waals surface area contributed by atoms with Gasteiger partial charge < -0.3 is 0 Å². The molecule has 2 aromatic rings. The van der Waals surface area contributed by atoms with Crippen LogP contribution < -0.4 is 0 Å². The van der Waals surface area contributed by atoms with Crippen LogP contribution in [0.25, 0.3) is 11.1 Å². The van der Waals surface area contributed by atoms with E-state index in [0.29, 0.717) is 0 Å². The van der Waals surface area contributed by atoms with Gasteiger partial charge in [0.05, 0.1) is 20.5 Å². The number of rotatable bonds is 2. The van der Waals surface area contributed by atoms with Gasteiger partial charge in [0, 0.05) is 11.6 Å². The molecule has 3 nitrogen and oxygen atoms in total. The Bertz CT molecular complexity index is 611. The molecular formula is C12H6Cl2FNO2. The van der Waals surface area contributed by atoms with Crippen LogP contribution in [0, 0.1) is 15.9 Å². The van der Waals surface area contributed by atoms with Crippen molar-refractivity contribution in [3.8, 4) is 11.1 Å². The molecule has 0 unspecified atom stereocenters. The van der Waals surface area contributed by atoms with Gasteiger partial charge in [-0.05, 0) is 24.3 Å². The van der Waals surface area contributed by atoms with Crippen molar-refractivity contribution >= 4 is 28.9 Å². The average molecular weight is 286 g/mol. The Morgan fingerprint density at radius 1 is 1.11 bits per heavy atom. The Balaban J connectivity index is 2.77. The molecule has 0 saturated carbocycles. The Morgan fingerprint density at radius 3 is 2.28 bits per heavy atom. The van der Waals surface area contributed by atoms with Crippen molar-refractivity contribution in [2.45, 2.75) is 0 Å². The molecule has 0 aliphatic carbocycles. The quantitative estimate of drug-likeness (QED) is 0.592. The van der Waals surface area contributed by atoms with Crippen LogP contribution in [0.1, 0.15) is 0 Å². The van der Waals surface area contributed by atoms with Gasteiger partial charge >= 0.3 is 0 Å². The Labute approximate surface area is 112 Å². The molecule has 0 saturated heterocycles. The van der Waals surface area contributed by atoms with Crippen molar-refractivity contribution in [3.63, 3.8) is 0 Å². The first-order valence-corrected chi connectivity index (χ1v) is 5.64.